The molecule has 0 atom stereocenters. The SMILES string of the molecule is CC(=O)N1CCCc2cc(N3CCCc4cc(-c5cnn(C)c5)c(C(F)F)cc43)ccc21. The fourth-order valence-electron chi connectivity index (χ4n) is 4.99. The quantitative estimate of drug-likeness (QED) is 0.551. The molecule has 3 heterocycles. The molecule has 2 aliphatic rings. The summed E-state index contributed by atoms with van der Waals surface area (Å²) in [6, 6.07) is 9.69. The number of nitrogens with zero attached hydrogens (tertiary/aromatic N) is 4. The third kappa shape index (κ3) is 3.55. The largest absolute Gasteiger partial charge is 0.341 e. The van der Waals surface area contributed by atoms with E-state index in [0.29, 0.717) is 11.1 Å². The summed E-state index contributed by atoms with van der Waals surface area (Å²) in [4.78, 5) is 16.0. The molecular formula is C25H26F2N4O. The van der Waals surface area contributed by atoms with Gasteiger partial charge in [0.2, 0.25) is 5.91 Å². The van der Waals surface area contributed by atoms with Crippen molar-refractivity contribution in [3.8, 4) is 11.1 Å². The lowest BCUT2D eigenvalue weighted by Crippen LogP contribution is -2.33. The standard InChI is InChI=1S/C25H26F2N4O/c1-16(32)30-9-3-5-17-11-20(7-8-23(17)30)31-10-4-6-18-12-21(19-14-28-29(2)15-19)22(25(26)27)13-24(18)31/h7-8,11-15,25H,3-6,9-10H2,1-2H3. The highest BCUT2D eigenvalue weighted by Gasteiger charge is 2.26. The Bertz CT molecular complexity index is 1190. The number of aromatic nitrogens is 2. The topological polar surface area (TPSA) is 41.4 Å². The highest BCUT2D eigenvalue weighted by molar-refractivity contribution is 5.93. The summed E-state index contributed by atoms with van der Waals surface area (Å²) in [6.07, 6.45) is 4.48. The van der Waals surface area contributed by atoms with Gasteiger partial charge in [0.15, 0.2) is 0 Å². The summed E-state index contributed by atoms with van der Waals surface area (Å²) < 4.78 is 29.8. The van der Waals surface area contributed by atoms with Crippen molar-refractivity contribution in [3.63, 3.8) is 0 Å². The maximum absolute atomic E-state index is 14.1. The molecule has 0 spiro atoms. The van der Waals surface area contributed by atoms with Gasteiger partial charge in [-0.3, -0.25) is 9.48 Å². The van der Waals surface area contributed by atoms with E-state index >= 15 is 0 Å². The van der Waals surface area contributed by atoms with Gasteiger partial charge < -0.3 is 9.80 Å². The van der Waals surface area contributed by atoms with Crippen LogP contribution < -0.4 is 9.80 Å². The predicted molar refractivity (Wildman–Crippen MR) is 122 cm³/mol. The van der Waals surface area contributed by atoms with Gasteiger partial charge in [0.05, 0.1) is 6.20 Å². The zero-order chi connectivity index (χ0) is 22.4. The first kappa shape index (κ1) is 20.7. The van der Waals surface area contributed by atoms with Gasteiger partial charge in [0.1, 0.15) is 0 Å². The van der Waals surface area contributed by atoms with Gasteiger partial charge in [0, 0.05) is 61.4 Å². The highest BCUT2D eigenvalue weighted by atomic mass is 19.3. The summed E-state index contributed by atoms with van der Waals surface area (Å²) in [7, 11) is 1.79. The third-order valence-corrected chi connectivity index (χ3v) is 6.49. The van der Waals surface area contributed by atoms with Crippen LogP contribution >= 0.6 is 0 Å². The van der Waals surface area contributed by atoms with E-state index in [-0.39, 0.29) is 11.5 Å². The van der Waals surface area contributed by atoms with Gasteiger partial charge in [-0.25, -0.2) is 8.78 Å². The Morgan fingerprint density at radius 1 is 1.03 bits per heavy atom. The van der Waals surface area contributed by atoms with Crippen molar-refractivity contribution in [1.82, 2.24) is 9.78 Å². The molecular weight excluding hydrogens is 410 g/mol. The molecule has 3 aromatic rings. The second-order valence-corrected chi connectivity index (χ2v) is 8.61. The third-order valence-electron chi connectivity index (χ3n) is 6.49. The zero-order valence-electron chi connectivity index (χ0n) is 18.3. The van der Waals surface area contributed by atoms with Gasteiger partial charge in [0.25, 0.3) is 6.43 Å². The number of benzene rings is 2. The Morgan fingerprint density at radius 2 is 1.78 bits per heavy atom. The lowest BCUT2D eigenvalue weighted by atomic mass is 9.92. The molecule has 7 heteroatoms. The van der Waals surface area contributed by atoms with Crippen LogP contribution in [-0.2, 0) is 24.7 Å². The van der Waals surface area contributed by atoms with Gasteiger partial charge in [-0.15, -0.1) is 0 Å². The molecule has 0 bridgehead atoms. The van der Waals surface area contributed by atoms with Crippen molar-refractivity contribution in [3.05, 3.63) is 59.4 Å². The molecule has 5 rings (SSSR count). The van der Waals surface area contributed by atoms with Crippen LogP contribution in [0.5, 0.6) is 0 Å². The summed E-state index contributed by atoms with van der Waals surface area (Å²) >= 11 is 0. The van der Waals surface area contributed by atoms with Crippen molar-refractivity contribution in [2.75, 3.05) is 22.9 Å². The first-order valence-electron chi connectivity index (χ1n) is 11.0. The van der Waals surface area contributed by atoms with E-state index in [0.717, 1.165) is 67.0 Å². The molecule has 0 fully saturated rings. The molecule has 0 N–H and O–H groups in total. The Balaban J connectivity index is 1.58. The number of carbonyl (C=O) groups excluding carboxylic acids is 1. The molecule has 2 aliphatic heterocycles. The molecule has 1 amide bonds. The second-order valence-electron chi connectivity index (χ2n) is 8.61. The number of fused-ring (bicyclic) bond motifs is 2. The number of anilines is 3. The van der Waals surface area contributed by atoms with E-state index < -0.39 is 6.43 Å². The Labute approximate surface area is 186 Å². The van der Waals surface area contributed by atoms with E-state index in [1.165, 1.54) is 0 Å². The number of hydrogen-bond donors (Lipinski definition) is 0. The number of carbonyl (C=O) groups is 1. The maximum atomic E-state index is 14.1. The maximum Gasteiger partial charge on any atom is 0.264 e. The van der Waals surface area contributed by atoms with Gasteiger partial charge >= 0.3 is 0 Å². The van der Waals surface area contributed by atoms with E-state index in [2.05, 4.69) is 16.1 Å². The molecule has 0 radical (unpaired) electrons. The van der Waals surface area contributed by atoms with Gasteiger partial charge in [-0.2, -0.15) is 5.10 Å². The average molecular weight is 437 g/mol. The Kier molecular flexibility index (Phi) is 5.19. The van der Waals surface area contributed by atoms with E-state index in [1.54, 1.807) is 37.1 Å². The summed E-state index contributed by atoms with van der Waals surface area (Å²) in [6.45, 7) is 3.11. The number of halogens is 2. The van der Waals surface area contributed by atoms with E-state index in [4.69, 9.17) is 0 Å². The predicted octanol–water partition coefficient (Wildman–Crippen LogP) is 5.41. The number of hydrogen-bond acceptors (Lipinski definition) is 3. The van der Waals surface area contributed by atoms with Crippen LogP contribution in [0.1, 0.15) is 42.9 Å². The molecule has 0 aliphatic carbocycles. The number of alkyl halides is 2. The highest BCUT2D eigenvalue weighted by Crippen LogP contribution is 2.42. The van der Waals surface area contributed by atoms with Crippen LogP contribution in [0.2, 0.25) is 0 Å². The second kappa shape index (κ2) is 8.04. The van der Waals surface area contributed by atoms with Crippen LogP contribution in [0.25, 0.3) is 11.1 Å². The minimum absolute atomic E-state index is 0.0318. The smallest absolute Gasteiger partial charge is 0.264 e. The monoisotopic (exact) mass is 436 g/mol. The van der Waals surface area contributed by atoms with Crippen molar-refractivity contribution in [1.29, 1.82) is 0 Å². The molecule has 166 valence electrons. The van der Waals surface area contributed by atoms with Crippen molar-refractivity contribution >= 4 is 23.0 Å². The zero-order valence-corrected chi connectivity index (χ0v) is 18.3. The average Bonchev–Trinajstić information content (AvgIpc) is 3.23. The van der Waals surface area contributed by atoms with Gasteiger partial charge in [-0.1, -0.05) is 0 Å². The van der Waals surface area contributed by atoms with Crippen molar-refractivity contribution in [2.24, 2.45) is 7.05 Å². The van der Waals surface area contributed by atoms with Crippen LogP contribution in [-0.4, -0.2) is 28.8 Å². The van der Waals surface area contributed by atoms with Crippen LogP contribution in [0.15, 0.2) is 42.7 Å². The van der Waals surface area contributed by atoms with Crippen LogP contribution in [0.3, 0.4) is 0 Å². The minimum Gasteiger partial charge on any atom is -0.341 e. The van der Waals surface area contributed by atoms with E-state index in [9.17, 15) is 13.6 Å². The first-order valence-corrected chi connectivity index (χ1v) is 11.0. The molecule has 0 unspecified atom stereocenters. The molecule has 5 nitrogen and oxygen atoms in total. The Morgan fingerprint density at radius 3 is 2.47 bits per heavy atom. The van der Waals surface area contributed by atoms with Crippen molar-refractivity contribution in [2.45, 2.75) is 39.0 Å². The number of amides is 1. The first-order chi connectivity index (χ1) is 15.4. The molecule has 0 saturated heterocycles. The number of rotatable bonds is 3. The molecule has 0 saturated carbocycles. The normalized spacial score (nSPS) is 15.7. The lowest BCUT2D eigenvalue weighted by molar-refractivity contribution is -0.116. The summed E-state index contributed by atoms with van der Waals surface area (Å²) in [5, 5.41) is 4.16. The summed E-state index contributed by atoms with van der Waals surface area (Å²) in [5.41, 5.74) is 6.30. The van der Waals surface area contributed by atoms with Crippen LogP contribution in [0.4, 0.5) is 25.8 Å². The van der Waals surface area contributed by atoms with Crippen molar-refractivity contribution < 1.29 is 13.6 Å². The molecule has 2 aromatic carbocycles. The minimum atomic E-state index is -2.58. The van der Waals surface area contributed by atoms with E-state index in [1.807, 2.05) is 23.1 Å². The fraction of sp³-hybridized carbons (Fsp3) is 0.360. The fourth-order valence-corrected chi connectivity index (χ4v) is 4.99. The molecule has 32 heavy (non-hydrogen) atoms. The molecule has 1 aromatic heterocycles. The summed E-state index contributed by atoms with van der Waals surface area (Å²) in [5.74, 6) is 0.0477. The van der Waals surface area contributed by atoms with Crippen LogP contribution in [0, 0.1) is 0 Å². The number of aryl methyl sites for hydroxylation is 3. The Hall–Kier alpha value is -3.22. The lowest BCUT2D eigenvalue weighted by Gasteiger charge is -2.34. The van der Waals surface area contributed by atoms with Gasteiger partial charge in [-0.05, 0) is 72.7 Å².